The van der Waals surface area contributed by atoms with Crippen molar-refractivity contribution in [3.8, 4) is 0 Å². The molecule has 1 aromatic rings. The van der Waals surface area contributed by atoms with E-state index in [0.29, 0.717) is 18.8 Å². The second kappa shape index (κ2) is 5.38. The highest BCUT2D eigenvalue weighted by molar-refractivity contribution is 14.1. The van der Waals surface area contributed by atoms with E-state index in [1.54, 1.807) is 6.20 Å². The summed E-state index contributed by atoms with van der Waals surface area (Å²) in [5, 5.41) is 0. The fraction of sp³-hybridized carbons (Fsp3) is 0.500. The fourth-order valence-electron chi connectivity index (χ4n) is 1.18. The maximum Gasteiger partial charge on any atom is 0.139 e. The maximum absolute atomic E-state index is 11.5. The van der Waals surface area contributed by atoms with Gasteiger partial charge in [-0.3, -0.25) is 4.79 Å². The normalized spacial score (nSPS) is 10.6. The Morgan fingerprint density at radius 1 is 1.57 bits per heavy atom. The van der Waals surface area contributed by atoms with Crippen LogP contribution >= 0.6 is 22.6 Å². The van der Waals surface area contributed by atoms with Crippen molar-refractivity contribution in [2.24, 2.45) is 5.92 Å². The van der Waals surface area contributed by atoms with Crippen LogP contribution in [0, 0.1) is 9.49 Å². The molecule has 0 N–H and O–H groups in total. The number of aromatic nitrogens is 2. The van der Waals surface area contributed by atoms with Crippen molar-refractivity contribution in [2.45, 2.75) is 26.7 Å². The molecular weight excluding hydrogens is 291 g/mol. The molecule has 0 aliphatic carbocycles. The predicted molar refractivity (Wildman–Crippen MR) is 62.9 cm³/mol. The predicted octanol–water partition coefficient (Wildman–Crippen LogP) is 2.24. The molecule has 0 fully saturated rings. The summed E-state index contributed by atoms with van der Waals surface area (Å²) < 4.78 is 0.960. The van der Waals surface area contributed by atoms with Crippen LogP contribution in [0.5, 0.6) is 0 Å². The number of carbonyl (C=O) groups is 1. The Balaban J connectivity index is 2.61. The van der Waals surface area contributed by atoms with Crippen molar-refractivity contribution in [1.29, 1.82) is 0 Å². The molecule has 0 saturated carbocycles. The monoisotopic (exact) mass is 304 g/mol. The average Bonchev–Trinajstić information content (AvgIpc) is 2.07. The molecule has 0 aliphatic rings. The molecule has 0 spiro atoms. The molecule has 0 amide bonds. The lowest BCUT2D eigenvalue weighted by Gasteiger charge is -2.04. The average molecular weight is 304 g/mol. The molecule has 14 heavy (non-hydrogen) atoms. The van der Waals surface area contributed by atoms with Crippen molar-refractivity contribution in [3.05, 3.63) is 21.8 Å². The Bertz CT molecular complexity index is 326. The Morgan fingerprint density at radius 2 is 2.29 bits per heavy atom. The van der Waals surface area contributed by atoms with Gasteiger partial charge in [-0.05, 0) is 28.5 Å². The molecule has 1 heterocycles. The van der Waals surface area contributed by atoms with Crippen molar-refractivity contribution in [3.63, 3.8) is 0 Å². The van der Waals surface area contributed by atoms with Gasteiger partial charge in [0, 0.05) is 19.0 Å². The number of hydrogen-bond donors (Lipinski definition) is 0. The van der Waals surface area contributed by atoms with E-state index in [-0.39, 0.29) is 5.78 Å². The lowest BCUT2D eigenvalue weighted by atomic mass is 10.0. The zero-order valence-electron chi connectivity index (χ0n) is 8.33. The van der Waals surface area contributed by atoms with Crippen LogP contribution in [-0.2, 0) is 11.2 Å². The van der Waals surface area contributed by atoms with Crippen LogP contribution in [0.4, 0.5) is 0 Å². The Morgan fingerprint density at radius 3 is 2.86 bits per heavy atom. The number of hydrogen-bond acceptors (Lipinski definition) is 3. The molecule has 3 nitrogen and oxygen atoms in total. The fourth-order valence-corrected chi connectivity index (χ4v) is 1.67. The van der Waals surface area contributed by atoms with Gasteiger partial charge in [-0.1, -0.05) is 13.8 Å². The Labute approximate surface area is 97.5 Å². The first-order chi connectivity index (χ1) is 6.59. The van der Waals surface area contributed by atoms with Crippen LogP contribution in [0.1, 0.15) is 26.0 Å². The zero-order valence-corrected chi connectivity index (χ0v) is 10.5. The maximum atomic E-state index is 11.5. The molecule has 76 valence electrons. The highest BCUT2D eigenvalue weighted by Gasteiger charge is 2.09. The van der Waals surface area contributed by atoms with Crippen molar-refractivity contribution >= 4 is 28.4 Å². The molecule has 0 atom stereocenters. The third kappa shape index (κ3) is 3.69. The van der Waals surface area contributed by atoms with Gasteiger partial charge in [0.05, 0.1) is 9.26 Å². The summed E-state index contributed by atoms with van der Waals surface area (Å²) in [6, 6.07) is 0. The van der Waals surface area contributed by atoms with E-state index in [0.717, 1.165) is 9.26 Å². The van der Waals surface area contributed by atoms with E-state index in [1.165, 1.54) is 6.33 Å². The Kier molecular flexibility index (Phi) is 4.44. The molecule has 1 rings (SSSR count). The van der Waals surface area contributed by atoms with Gasteiger partial charge in [0.15, 0.2) is 0 Å². The molecule has 1 aromatic heterocycles. The van der Waals surface area contributed by atoms with E-state index >= 15 is 0 Å². The van der Waals surface area contributed by atoms with Gasteiger partial charge < -0.3 is 0 Å². The van der Waals surface area contributed by atoms with Crippen molar-refractivity contribution in [2.75, 3.05) is 0 Å². The number of rotatable bonds is 4. The third-order valence-electron chi connectivity index (χ3n) is 1.74. The lowest BCUT2D eigenvalue weighted by Crippen LogP contribution is -2.09. The van der Waals surface area contributed by atoms with Gasteiger partial charge in [0.1, 0.15) is 12.1 Å². The highest BCUT2D eigenvalue weighted by atomic mass is 127. The van der Waals surface area contributed by atoms with Crippen LogP contribution in [-0.4, -0.2) is 15.8 Å². The number of carbonyl (C=O) groups excluding carboxylic acids is 1. The summed E-state index contributed by atoms with van der Waals surface area (Å²) in [5.41, 5.74) is 0.839. The van der Waals surface area contributed by atoms with Crippen molar-refractivity contribution in [1.82, 2.24) is 9.97 Å². The Hall–Kier alpha value is -0.520. The van der Waals surface area contributed by atoms with Crippen LogP contribution in [0.2, 0.25) is 0 Å². The molecule has 0 bridgehead atoms. The molecule has 0 aromatic carbocycles. The van der Waals surface area contributed by atoms with E-state index in [2.05, 4.69) is 32.6 Å². The minimum Gasteiger partial charge on any atom is -0.299 e. The van der Waals surface area contributed by atoms with E-state index in [1.807, 2.05) is 13.8 Å². The molecule has 4 heteroatoms. The first-order valence-corrected chi connectivity index (χ1v) is 5.63. The largest absolute Gasteiger partial charge is 0.299 e. The quantitative estimate of drug-likeness (QED) is 0.801. The first kappa shape index (κ1) is 11.6. The van der Waals surface area contributed by atoms with Gasteiger partial charge in [-0.25, -0.2) is 9.97 Å². The van der Waals surface area contributed by atoms with E-state index in [4.69, 9.17) is 0 Å². The SMILES string of the molecule is CC(C)CC(=O)Cc1ncncc1I. The van der Waals surface area contributed by atoms with Gasteiger partial charge in [0.2, 0.25) is 0 Å². The highest BCUT2D eigenvalue weighted by Crippen LogP contribution is 2.10. The number of halogens is 1. The number of Topliss-reactive ketones (excluding diaryl/α,β-unsaturated/α-hetero) is 1. The summed E-state index contributed by atoms with van der Waals surface area (Å²) in [5.74, 6) is 0.665. The molecule has 0 radical (unpaired) electrons. The van der Waals surface area contributed by atoms with E-state index in [9.17, 15) is 4.79 Å². The summed E-state index contributed by atoms with van der Waals surface area (Å²) >= 11 is 2.15. The van der Waals surface area contributed by atoms with Gasteiger partial charge in [-0.2, -0.15) is 0 Å². The first-order valence-electron chi connectivity index (χ1n) is 4.55. The summed E-state index contributed by atoms with van der Waals surface area (Å²) in [6.07, 6.45) is 4.27. The van der Waals surface area contributed by atoms with Gasteiger partial charge in [-0.15, -0.1) is 0 Å². The van der Waals surface area contributed by atoms with E-state index < -0.39 is 0 Å². The van der Waals surface area contributed by atoms with Gasteiger partial charge >= 0.3 is 0 Å². The minimum atomic E-state index is 0.247. The van der Waals surface area contributed by atoms with Crippen LogP contribution in [0.15, 0.2) is 12.5 Å². The minimum absolute atomic E-state index is 0.247. The third-order valence-corrected chi connectivity index (χ3v) is 2.65. The summed E-state index contributed by atoms with van der Waals surface area (Å²) in [6.45, 7) is 4.09. The lowest BCUT2D eigenvalue weighted by molar-refractivity contribution is -0.119. The van der Waals surface area contributed by atoms with Crippen molar-refractivity contribution < 1.29 is 4.79 Å². The van der Waals surface area contributed by atoms with Crippen LogP contribution < -0.4 is 0 Å². The summed E-state index contributed by atoms with van der Waals surface area (Å²) in [7, 11) is 0. The number of ketones is 1. The molecule has 0 unspecified atom stereocenters. The topological polar surface area (TPSA) is 42.9 Å². The smallest absolute Gasteiger partial charge is 0.139 e. The molecular formula is C10H13IN2O. The standard InChI is InChI=1S/C10H13IN2O/c1-7(2)3-8(14)4-10-9(11)5-12-6-13-10/h5-7H,3-4H2,1-2H3. The molecule has 0 saturated heterocycles. The second-order valence-electron chi connectivity index (χ2n) is 3.63. The summed E-state index contributed by atoms with van der Waals surface area (Å²) in [4.78, 5) is 19.5. The van der Waals surface area contributed by atoms with Crippen LogP contribution in [0.25, 0.3) is 0 Å². The van der Waals surface area contributed by atoms with Crippen LogP contribution in [0.3, 0.4) is 0 Å². The van der Waals surface area contributed by atoms with Gasteiger partial charge in [0.25, 0.3) is 0 Å². The zero-order chi connectivity index (χ0) is 10.6. The molecule has 0 aliphatic heterocycles. The second-order valence-corrected chi connectivity index (χ2v) is 4.79. The number of nitrogens with zero attached hydrogens (tertiary/aromatic N) is 2.